The molecule has 0 aromatic carbocycles. The van der Waals surface area contributed by atoms with Gasteiger partial charge >= 0.3 is 0 Å². The fourth-order valence-corrected chi connectivity index (χ4v) is 3.26. The fraction of sp³-hybridized carbons (Fsp3) is 0.400. The van der Waals surface area contributed by atoms with E-state index in [4.69, 9.17) is 5.14 Å². The lowest BCUT2D eigenvalue weighted by Crippen LogP contribution is -2.48. The monoisotopic (exact) mass is 384 g/mol. The van der Waals surface area contributed by atoms with E-state index in [1.54, 1.807) is 12.2 Å². The zero-order valence-electron chi connectivity index (χ0n) is 9.59. The van der Waals surface area contributed by atoms with Crippen molar-refractivity contribution in [1.29, 1.82) is 0 Å². The smallest absolute Gasteiger partial charge is 0.227 e. The second kappa shape index (κ2) is 5.93. The first-order valence-corrected chi connectivity index (χ1v) is 7.75. The van der Waals surface area contributed by atoms with Crippen LogP contribution in [0.15, 0.2) is 21.8 Å². The van der Waals surface area contributed by atoms with E-state index >= 15 is 0 Å². The average Bonchev–Trinajstić information content (AvgIpc) is 2.17. The van der Waals surface area contributed by atoms with Crippen LogP contribution < -0.4 is 10.5 Å². The van der Waals surface area contributed by atoms with Crippen molar-refractivity contribution in [2.24, 2.45) is 5.14 Å². The number of primary sulfonamides is 1. The van der Waals surface area contributed by atoms with Gasteiger partial charge in [0.25, 0.3) is 0 Å². The molecule has 0 spiro atoms. The number of ketones is 1. The van der Waals surface area contributed by atoms with Gasteiger partial charge in [-0.25, -0.2) is 13.6 Å². The van der Waals surface area contributed by atoms with E-state index in [9.17, 15) is 18.0 Å². The van der Waals surface area contributed by atoms with Crippen LogP contribution in [0.2, 0.25) is 0 Å². The van der Waals surface area contributed by atoms with Crippen LogP contribution in [0.25, 0.3) is 0 Å². The van der Waals surface area contributed by atoms with Crippen molar-refractivity contribution in [1.82, 2.24) is 5.32 Å². The first-order chi connectivity index (χ1) is 8.20. The van der Waals surface area contributed by atoms with Crippen LogP contribution in [0.1, 0.15) is 13.3 Å². The summed E-state index contributed by atoms with van der Waals surface area (Å²) in [4.78, 5) is 22.2. The van der Waals surface area contributed by atoms with Crippen molar-refractivity contribution >= 4 is 44.3 Å². The summed E-state index contributed by atoms with van der Waals surface area (Å²) in [5.41, 5.74) is 0. The number of hydrogen-bond acceptors (Lipinski definition) is 4. The summed E-state index contributed by atoms with van der Waals surface area (Å²) < 4.78 is 23.6. The van der Waals surface area contributed by atoms with Crippen molar-refractivity contribution < 1.29 is 18.0 Å². The molecule has 0 saturated carbocycles. The van der Waals surface area contributed by atoms with Crippen LogP contribution >= 0.6 is 22.6 Å². The minimum Gasteiger partial charge on any atom is -0.348 e. The zero-order chi connectivity index (χ0) is 13.9. The van der Waals surface area contributed by atoms with Gasteiger partial charge in [0.05, 0.1) is 12.5 Å². The van der Waals surface area contributed by atoms with Crippen LogP contribution in [0.3, 0.4) is 0 Å². The number of sulfonamides is 1. The number of amides is 1. The van der Waals surface area contributed by atoms with E-state index in [2.05, 4.69) is 5.32 Å². The second-order valence-corrected chi connectivity index (χ2v) is 6.90. The van der Waals surface area contributed by atoms with Gasteiger partial charge in [-0.1, -0.05) is 12.2 Å². The van der Waals surface area contributed by atoms with Crippen LogP contribution in [0.5, 0.6) is 0 Å². The first-order valence-electron chi connectivity index (χ1n) is 5.06. The highest BCUT2D eigenvalue weighted by Crippen LogP contribution is 2.20. The van der Waals surface area contributed by atoms with Gasteiger partial charge in [-0.2, -0.15) is 0 Å². The molecule has 2 atom stereocenters. The van der Waals surface area contributed by atoms with E-state index in [0.717, 1.165) is 3.58 Å². The summed E-state index contributed by atoms with van der Waals surface area (Å²) in [6, 6.07) is -0.745. The largest absolute Gasteiger partial charge is 0.348 e. The van der Waals surface area contributed by atoms with Gasteiger partial charge in [0.2, 0.25) is 15.9 Å². The maximum Gasteiger partial charge on any atom is 0.227 e. The molecule has 0 saturated heterocycles. The summed E-state index contributed by atoms with van der Waals surface area (Å²) in [6.45, 7) is 1.29. The molecule has 100 valence electrons. The molecule has 18 heavy (non-hydrogen) atoms. The molecule has 8 heteroatoms. The van der Waals surface area contributed by atoms with Gasteiger partial charge in [-0.15, -0.1) is 0 Å². The molecule has 0 aromatic rings. The Kier molecular flexibility index (Phi) is 5.05. The normalized spacial score (nSPS) is 23.4. The molecular formula is C10H13IN2O4S. The molecule has 1 aliphatic carbocycles. The van der Waals surface area contributed by atoms with Gasteiger partial charge in [0.1, 0.15) is 11.0 Å². The Labute approximate surface area is 119 Å². The Bertz CT molecular complexity index is 524. The Hall–Kier alpha value is -0.740. The minimum absolute atomic E-state index is 0.275. The highest BCUT2D eigenvalue weighted by Gasteiger charge is 2.30. The van der Waals surface area contributed by atoms with Gasteiger partial charge in [-0.3, -0.25) is 9.59 Å². The number of rotatable bonds is 4. The molecule has 0 fully saturated rings. The van der Waals surface area contributed by atoms with Gasteiger partial charge in [-0.05, 0) is 35.6 Å². The predicted octanol–water partition coefficient (Wildman–Crippen LogP) is -0.00390. The molecule has 6 nitrogen and oxygen atoms in total. The summed E-state index contributed by atoms with van der Waals surface area (Å²) in [7, 11) is -3.81. The van der Waals surface area contributed by atoms with Crippen molar-refractivity contribution in [3.8, 4) is 0 Å². The topological polar surface area (TPSA) is 106 Å². The molecule has 1 amide bonds. The van der Waals surface area contributed by atoms with Crippen LogP contribution in [0, 0.1) is 0 Å². The van der Waals surface area contributed by atoms with Gasteiger partial charge in [0.15, 0.2) is 0 Å². The number of Topliss-reactive ketones (excluding diaryl/α,β-unsaturated/α-hetero) is 1. The lowest BCUT2D eigenvalue weighted by atomic mass is 10.1. The number of nitrogens with two attached hydrogens (primary N) is 1. The Balaban J connectivity index is 2.85. The predicted molar refractivity (Wildman–Crippen MR) is 75.4 cm³/mol. The highest BCUT2D eigenvalue weighted by atomic mass is 127. The molecule has 0 radical (unpaired) electrons. The fourth-order valence-electron chi connectivity index (χ4n) is 1.51. The molecule has 2 unspecified atom stereocenters. The zero-order valence-corrected chi connectivity index (χ0v) is 12.6. The molecule has 1 rings (SSSR count). The van der Waals surface area contributed by atoms with E-state index in [0.29, 0.717) is 0 Å². The first kappa shape index (κ1) is 15.3. The molecule has 0 bridgehead atoms. The standard InChI is InChI=1S/C10H13IN2O4S/c1-6(14)4-10(15)13-8-3-2-7(11)5-9(8)18(12,16)17/h2-3,5,8-9H,4H2,1H3,(H,13,15)(H2,12,16,17). The average molecular weight is 384 g/mol. The minimum atomic E-state index is -3.81. The maximum absolute atomic E-state index is 11.5. The van der Waals surface area contributed by atoms with E-state index in [1.165, 1.54) is 13.0 Å². The van der Waals surface area contributed by atoms with Crippen LogP contribution in [0.4, 0.5) is 0 Å². The Morgan fingerprint density at radius 2 is 2.11 bits per heavy atom. The second-order valence-electron chi connectivity index (χ2n) is 3.94. The number of carbonyl (C=O) groups is 2. The van der Waals surface area contributed by atoms with Crippen molar-refractivity contribution in [2.75, 3.05) is 0 Å². The van der Waals surface area contributed by atoms with Crippen LogP contribution in [-0.4, -0.2) is 31.4 Å². The Morgan fingerprint density at radius 3 is 2.61 bits per heavy atom. The maximum atomic E-state index is 11.5. The SMILES string of the molecule is CC(=O)CC(=O)NC1C=CC(I)=CC1S(N)(=O)=O. The molecule has 3 N–H and O–H groups in total. The number of halogens is 1. The summed E-state index contributed by atoms with van der Waals surface area (Å²) in [5, 5.41) is 6.58. The number of nitrogens with one attached hydrogen (secondary N) is 1. The molecule has 0 heterocycles. The van der Waals surface area contributed by atoms with Gasteiger partial charge < -0.3 is 5.32 Å². The number of carbonyl (C=O) groups excluding carboxylic acids is 2. The number of allylic oxidation sites excluding steroid dienone is 2. The molecule has 1 aliphatic rings. The summed E-state index contributed by atoms with van der Waals surface area (Å²) in [6.07, 6.45) is 4.42. The lowest BCUT2D eigenvalue weighted by molar-refractivity contribution is -0.127. The van der Waals surface area contributed by atoms with Crippen molar-refractivity contribution in [2.45, 2.75) is 24.6 Å². The van der Waals surface area contributed by atoms with E-state index in [-0.39, 0.29) is 12.2 Å². The molecule has 0 aliphatic heterocycles. The van der Waals surface area contributed by atoms with E-state index in [1.807, 2.05) is 22.6 Å². The summed E-state index contributed by atoms with van der Waals surface area (Å²) >= 11 is 1.96. The highest BCUT2D eigenvalue weighted by molar-refractivity contribution is 14.1. The van der Waals surface area contributed by atoms with Crippen LogP contribution in [-0.2, 0) is 19.6 Å². The number of hydrogen-bond donors (Lipinski definition) is 2. The lowest BCUT2D eigenvalue weighted by Gasteiger charge is -2.24. The third kappa shape index (κ3) is 4.50. The third-order valence-corrected chi connectivity index (χ3v) is 4.16. The molecule has 0 aromatic heterocycles. The quantitative estimate of drug-likeness (QED) is 0.526. The van der Waals surface area contributed by atoms with Crippen molar-refractivity contribution in [3.05, 3.63) is 21.8 Å². The summed E-state index contributed by atoms with van der Waals surface area (Å²) in [5.74, 6) is -0.805. The molecular weight excluding hydrogens is 371 g/mol. The Morgan fingerprint density at radius 1 is 1.50 bits per heavy atom. The van der Waals surface area contributed by atoms with E-state index < -0.39 is 27.2 Å². The van der Waals surface area contributed by atoms with Gasteiger partial charge in [0, 0.05) is 3.58 Å². The van der Waals surface area contributed by atoms with Crippen molar-refractivity contribution in [3.63, 3.8) is 0 Å². The third-order valence-electron chi connectivity index (χ3n) is 2.26.